The van der Waals surface area contributed by atoms with E-state index in [-0.39, 0.29) is 0 Å². The fourth-order valence-corrected chi connectivity index (χ4v) is 0.946. The molecule has 5 nitrogen and oxygen atoms in total. The molecule has 2 aromatic rings. The molecule has 2 aromatic heterocycles. The Kier molecular flexibility index (Phi) is 1.91. The predicted octanol–water partition coefficient (Wildman–Crippen LogP) is 1.14. The van der Waals surface area contributed by atoms with Crippen molar-refractivity contribution in [1.82, 2.24) is 15.2 Å². The van der Waals surface area contributed by atoms with Crippen LogP contribution in [0.25, 0.3) is 11.5 Å². The largest absolute Gasteiger partial charge is 0.495 e. The Morgan fingerprint density at radius 1 is 1.38 bits per heavy atom. The number of nitrogens with zero attached hydrogens (tertiary/aromatic N) is 3. The molecule has 2 heterocycles. The van der Waals surface area contributed by atoms with Crippen LogP contribution in [0.3, 0.4) is 0 Å². The van der Waals surface area contributed by atoms with E-state index < -0.39 is 0 Å². The highest BCUT2D eigenvalue weighted by atomic mass is 16.5. The van der Waals surface area contributed by atoms with Crippen LogP contribution in [-0.2, 0) is 0 Å². The number of ether oxygens (including phenoxy) is 1. The van der Waals surface area contributed by atoms with Crippen molar-refractivity contribution in [3.63, 3.8) is 0 Å². The Morgan fingerprint density at radius 2 is 2.31 bits per heavy atom. The first-order valence-electron chi connectivity index (χ1n) is 3.66. The lowest BCUT2D eigenvalue weighted by molar-refractivity contribution is 0.413. The number of hydrogen-bond donors (Lipinski definition) is 0. The molecule has 0 saturated heterocycles. The van der Waals surface area contributed by atoms with E-state index in [1.165, 1.54) is 6.39 Å². The molecule has 0 bridgehead atoms. The molecule has 0 aliphatic rings. The Hall–Kier alpha value is -1.91. The second-order valence-corrected chi connectivity index (χ2v) is 2.36. The van der Waals surface area contributed by atoms with Crippen molar-refractivity contribution in [1.29, 1.82) is 0 Å². The fraction of sp³-hybridized carbons (Fsp3) is 0.125. The maximum Gasteiger partial charge on any atom is 0.249 e. The maximum absolute atomic E-state index is 5.00. The van der Waals surface area contributed by atoms with Gasteiger partial charge < -0.3 is 9.15 Å². The summed E-state index contributed by atoms with van der Waals surface area (Å²) in [6, 6.07) is 1.78. The summed E-state index contributed by atoms with van der Waals surface area (Å²) in [6.07, 6.45) is 4.52. The molecule has 0 spiro atoms. The zero-order valence-corrected chi connectivity index (χ0v) is 6.97. The molecule has 66 valence electrons. The maximum atomic E-state index is 5.00. The highest BCUT2D eigenvalue weighted by molar-refractivity contribution is 5.52. The monoisotopic (exact) mass is 177 g/mol. The summed E-state index contributed by atoms with van der Waals surface area (Å²) in [5, 5.41) is 7.32. The SMILES string of the molecule is COc1cncc(-c2nnco2)c1. The Balaban J connectivity index is 2.41. The highest BCUT2D eigenvalue weighted by Crippen LogP contribution is 2.19. The van der Waals surface area contributed by atoms with E-state index >= 15 is 0 Å². The average Bonchev–Trinajstić information content (AvgIpc) is 2.71. The van der Waals surface area contributed by atoms with Gasteiger partial charge in [-0.3, -0.25) is 4.98 Å². The summed E-state index contributed by atoms with van der Waals surface area (Å²) in [6.45, 7) is 0. The first-order chi connectivity index (χ1) is 6.40. The molecule has 0 aromatic carbocycles. The van der Waals surface area contributed by atoms with Crippen LogP contribution in [0.15, 0.2) is 29.3 Å². The predicted molar refractivity (Wildman–Crippen MR) is 44.1 cm³/mol. The third kappa shape index (κ3) is 1.48. The van der Waals surface area contributed by atoms with E-state index in [2.05, 4.69) is 15.2 Å². The Bertz CT molecular complexity index is 386. The molecule has 0 fully saturated rings. The number of pyridine rings is 1. The molecule has 0 radical (unpaired) electrons. The highest BCUT2D eigenvalue weighted by Gasteiger charge is 2.04. The lowest BCUT2D eigenvalue weighted by Crippen LogP contribution is -1.86. The molecule has 13 heavy (non-hydrogen) atoms. The second-order valence-electron chi connectivity index (χ2n) is 2.36. The Morgan fingerprint density at radius 3 is 3.00 bits per heavy atom. The topological polar surface area (TPSA) is 61.0 Å². The number of hydrogen-bond acceptors (Lipinski definition) is 5. The molecular weight excluding hydrogens is 170 g/mol. The van der Waals surface area contributed by atoms with Gasteiger partial charge in [-0.05, 0) is 6.07 Å². The van der Waals surface area contributed by atoms with Crippen LogP contribution in [-0.4, -0.2) is 22.3 Å². The molecule has 2 rings (SSSR count). The lowest BCUT2D eigenvalue weighted by Gasteiger charge is -1.98. The van der Waals surface area contributed by atoms with Gasteiger partial charge in [-0.2, -0.15) is 0 Å². The molecule has 0 N–H and O–H groups in total. The van der Waals surface area contributed by atoms with E-state index in [9.17, 15) is 0 Å². The fourth-order valence-electron chi connectivity index (χ4n) is 0.946. The summed E-state index contributed by atoms with van der Waals surface area (Å²) in [5.41, 5.74) is 0.747. The van der Waals surface area contributed by atoms with Gasteiger partial charge in [-0.25, -0.2) is 0 Å². The molecular formula is C8H7N3O2. The van der Waals surface area contributed by atoms with E-state index in [0.717, 1.165) is 5.56 Å². The van der Waals surface area contributed by atoms with Gasteiger partial charge in [0.25, 0.3) is 0 Å². The summed E-state index contributed by atoms with van der Waals surface area (Å²) in [7, 11) is 1.58. The normalized spacial score (nSPS) is 9.92. The minimum atomic E-state index is 0.436. The molecule has 5 heteroatoms. The van der Waals surface area contributed by atoms with Gasteiger partial charge in [0.1, 0.15) is 5.75 Å². The Labute approximate surface area is 74.4 Å². The summed E-state index contributed by atoms with van der Waals surface area (Å²) >= 11 is 0. The van der Waals surface area contributed by atoms with Crippen LogP contribution in [0.4, 0.5) is 0 Å². The zero-order valence-electron chi connectivity index (χ0n) is 6.97. The first kappa shape index (κ1) is 7.72. The smallest absolute Gasteiger partial charge is 0.249 e. The van der Waals surface area contributed by atoms with Crippen molar-refractivity contribution in [2.24, 2.45) is 0 Å². The van der Waals surface area contributed by atoms with E-state index in [4.69, 9.17) is 9.15 Å². The molecule has 0 aliphatic heterocycles. The summed E-state index contributed by atoms with van der Waals surface area (Å²) < 4.78 is 10.0. The van der Waals surface area contributed by atoms with Gasteiger partial charge in [0.05, 0.1) is 18.9 Å². The lowest BCUT2D eigenvalue weighted by atomic mass is 10.3. The van der Waals surface area contributed by atoms with Gasteiger partial charge >= 0.3 is 0 Å². The van der Waals surface area contributed by atoms with Gasteiger partial charge in [0.15, 0.2) is 0 Å². The number of methoxy groups -OCH3 is 1. The van der Waals surface area contributed by atoms with E-state index in [0.29, 0.717) is 11.6 Å². The van der Waals surface area contributed by atoms with Crippen LogP contribution < -0.4 is 4.74 Å². The van der Waals surface area contributed by atoms with Crippen molar-refractivity contribution >= 4 is 0 Å². The van der Waals surface area contributed by atoms with E-state index in [1.807, 2.05) is 0 Å². The van der Waals surface area contributed by atoms with Crippen molar-refractivity contribution < 1.29 is 9.15 Å². The van der Waals surface area contributed by atoms with Crippen molar-refractivity contribution in [3.05, 3.63) is 24.9 Å². The average molecular weight is 177 g/mol. The standard InChI is InChI=1S/C8H7N3O2/c1-12-7-2-6(3-9-4-7)8-11-10-5-13-8/h2-5H,1H3. The van der Waals surface area contributed by atoms with Gasteiger partial charge in [-0.15, -0.1) is 10.2 Å². The number of rotatable bonds is 2. The first-order valence-corrected chi connectivity index (χ1v) is 3.66. The van der Waals surface area contributed by atoms with Crippen molar-refractivity contribution in [3.8, 4) is 17.2 Å². The van der Waals surface area contributed by atoms with Crippen LogP contribution in [0.1, 0.15) is 0 Å². The third-order valence-corrected chi connectivity index (χ3v) is 1.56. The second kappa shape index (κ2) is 3.22. The minimum Gasteiger partial charge on any atom is -0.495 e. The molecule has 0 unspecified atom stereocenters. The number of aromatic nitrogens is 3. The molecule has 0 amide bonds. The molecule has 0 atom stereocenters. The summed E-state index contributed by atoms with van der Waals surface area (Å²) in [5.74, 6) is 1.10. The van der Waals surface area contributed by atoms with Crippen LogP contribution in [0.2, 0.25) is 0 Å². The van der Waals surface area contributed by atoms with E-state index in [1.54, 1.807) is 25.6 Å². The van der Waals surface area contributed by atoms with Crippen LogP contribution >= 0.6 is 0 Å². The summed E-state index contributed by atoms with van der Waals surface area (Å²) in [4.78, 5) is 3.96. The van der Waals surface area contributed by atoms with Crippen LogP contribution in [0.5, 0.6) is 5.75 Å². The molecule has 0 saturated carbocycles. The molecule has 0 aliphatic carbocycles. The quantitative estimate of drug-likeness (QED) is 0.688. The third-order valence-electron chi connectivity index (χ3n) is 1.56. The van der Waals surface area contributed by atoms with Crippen molar-refractivity contribution in [2.45, 2.75) is 0 Å². The van der Waals surface area contributed by atoms with Gasteiger partial charge in [-0.1, -0.05) is 0 Å². The van der Waals surface area contributed by atoms with Gasteiger partial charge in [0, 0.05) is 6.20 Å². The minimum absolute atomic E-state index is 0.436. The zero-order chi connectivity index (χ0) is 9.10. The van der Waals surface area contributed by atoms with Crippen molar-refractivity contribution in [2.75, 3.05) is 7.11 Å². The van der Waals surface area contributed by atoms with Crippen LogP contribution in [0, 0.1) is 0 Å². The van der Waals surface area contributed by atoms with Gasteiger partial charge in [0.2, 0.25) is 12.3 Å².